The third kappa shape index (κ3) is 4.97. The zero-order chi connectivity index (χ0) is 11.0. The predicted molar refractivity (Wildman–Crippen MR) is 62.3 cm³/mol. The minimum Gasteiger partial charge on any atom is -0.378 e. The fourth-order valence-corrected chi connectivity index (χ4v) is 1.84. The van der Waals surface area contributed by atoms with E-state index < -0.39 is 0 Å². The zero-order valence-corrected chi connectivity index (χ0v) is 10.3. The molecule has 0 amide bonds. The number of rotatable bonds is 8. The van der Waals surface area contributed by atoms with E-state index in [-0.39, 0.29) is 6.23 Å². The Morgan fingerprint density at radius 1 is 1.07 bits per heavy atom. The van der Waals surface area contributed by atoms with E-state index in [1.807, 2.05) is 7.05 Å². The van der Waals surface area contributed by atoms with E-state index in [1.54, 1.807) is 0 Å². The van der Waals surface area contributed by atoms with Crippen molar-refractivity contribution in [2.75, 3.05) is 7.05 Å². The van der Waals surface area contributed by atoms with Gasteiger partial charge in [-0.15, -0.1) is 0 Å². The Hall–Kier alpha value is -0.0800. The second-order valence-corrected chi connectivity index (χ2v) is 4.14. The lowest BCUT2D eigenvalue weighted by Gasteiger charge is -2.31. The standard InChI is InChI=1S/C12H27NO/c1-5-8-10-11(7-3)13(4)12(14)9-6-2/h11-12,14H,5-10H2,1-4H3. The molecule has 0 rings (SSSR count). The van der Waals surface area contributed by atoms with Crippen LogP contribution < -0.4 is 0 Å². The maximum absolute atomic E-state index is 9.84. The van der Waals surface area contributed by atoms with Gasteiger partial charge in [-0.2, -0.15) is 0 Å². The predicted octanol–water partition coefficient (Wildman–Crippen LogP) is 3.01. The third-order valence-electron chi connectivity index (χ3n) is 2.96. The first-order valence-corrected chi connectivity index (χ1v) is 6.07. The molecule has 2 heteroatoms. The van der Waals surface area contributed by atoms with Crippen LogP contribution >= 0.6 is 0 Å². The third-order valence-corrected chi connectivity index (χ3v) is 2.96. The van der Waals surface area contributed by atoms with Gasteiger partial charge in [0.2, 0.25) is 0 Å². The number of aliphatic hydroxyl groups is 1. The summed E-state index contributed by atoms with van der Waals surface area (Å²) in [4.78, 5) is 2.14. The molecule has 0 aromatic carbocycles. The highest BCUT2D eigenvalue weighted by Crippen LogP contribution is 2.14. The number of unbranched alkanes of at least 4 members (excludes halogenated alkanes) is 1. The van der Waals surface area contributed by atoms with E-state index in [2.05, 4.69) is 25.7 Å². The van der Waals surface area contributed by atoms with E-state index in [9.17, 15) is 5.11 Å². The van der Waals surface area contributed by atoms with Crippen LogP contribution in [0.5, 0.6) is 0 Å². The molecule has 1 N–H and O–H groups in total. The largest absolute Gasteiger partial charge is 0.378 e. The van der Waals surface area contributed by atoms with Gasteiger partial charge < -0.3 is 5.11 Å². The lowest BCUT2D eigenvalue weighted by Crippen LogP contribution is -2.39. The fourth-order valence-electron chi connectivity index (χ4n) is 1.84. The molecule has 0 fully saturated rings. The first kappa shape index (κ1) is 13.9. The summed E-state index contributed by atoms with van der Waals surface area (Å²) in [5, 5.41) is 9.84. The first-order valence-electron chi connectivity index (χ1n) is 6.07. The summed E-state index contributed by atoms with van der Waals surface area (Å²) in [5.74, 6) is 0. The Morgan fingerprint density at radius 2 is 1.71 bits per heavy atom. The molecule has 0 aromatic heterocycles. The molecule has 0 spiro atoms. The van der Waals surface area contributed by atoms with Crippen molar-refractivity contribution in [3.05, 3.63) is 0 Å². The molecule has 0 aliphatic rings. The Balaban J connectivity index is 3.94. The number of hydrogen-bond acceptors (Lipinski definition) is 2. The van der Waals surface area contributed by atoms with Crippen molar-refractivity contribution in [3.8, 4) is 0 Å². The molecule has 0 aliphatic carbocycles. The molecule has 0 saturated heterocycles. The van der Waals surface area contributed by atoms with Gasteiger partial charge in [-0.1, -0.05) is 40.0 Å². The molecule has 14 heavy (non-hydrogen) atoms. The molecule has 0 saturated carbocycles. The van der Waals surface area contributed by atoms with Gasteiger partial charge in [0, 0.05) is 6.04 Å². The normalized spacial score (nSPS) is 15.9. The van der Waals surface area contributed by atoms with E-state index in [4.69, 9.17) is 0 Å². The van der Waals surface area contributed by atoms with E-state index in [1.165, 1.54) is 19.3 Å². The van der Waals surface area contributed by atoms with Crippen molar-refractivity contribution in [1.82, 2.24) is 4.90 Å². The molecule has 2 nitrogen and oxygen atoms in total. The van der Waals surface area contributed by atoms with E-state index >= 15 is 0 Å². The van der Waals surface area contributed by atoms with Gasteiger partial charge in [-0.05, 0) is 26.3 Å². The maximum atomic E-state index is 9.84. The van der Waals surface area contributed by atoms with Crippen LogP contribution in [0.15, 0.2) is 0 Å². The summed E-state index contributed by atoms with van der Waals surface area (Å²) in [6, 6.07) is 0.552. The number of hydrogen-bond donors (Lipinski definition) is 1. The summed E-state index contributed by atoms with van der Waals surface area (Å²) < 4.78 is 0. The maximum Gasteiger partial charge on any atom is 0.107 e. The molecule has 2 unspecified atom stereocenters. The molecule has 86 valence electrons. The summed E-state index contributed by atoms with van der Waals surface area (Å²) in [5.41, 5.74) is 0. The van der Waals surface area contributed by atoms with Crippen molar-refractivity contribution in [3.63, 3.8) is 0 Å². The van der Waals surface area contributed by atoms with Crippen LogP contribution in [0.3, 0.4) is 0 Å². The lowest BCUT2D eigenvalue weighted by molar-refractivity contribution is -0.0157. The minimum atomic E-state index is -0.248. The van der Waals surface area contributed by atoms with Gasteiger partial charge in [0.1, 0.15) is 6.23 Å². The first-order chi connectivity index (χ1) is 6.67. The SMILES string of the molecule is CCCCC(CC)N(C)C(O)CCC. The van der Waals surface area contributed by atoms with Crippen molar-refractivity contribution in [2.24, 2.45) is 0 Å². The Kier molecular flexibility index (Phi) is 8.20. The highest BCUT2D eigenvalue weighted by molar-refractivity contribution is 4.69. The molecule has 0 radical (unpaired) electrons. The van der Waals surface area contributed by atoms with Crippen molar-refractivity contribution < 1.29 is 5.11 Å². The molecule has 2 atom stereocenters. The van der Waals surface area contributed by atoms with Crippen LogP contribution in [0.1, 0.15) is 59.3 Å². The van der Waals surface area contributed by atoms with Crippen molar-refractivity contribution >= 4 is 0 Å². The molecule has 0 bridgehead atoms. The van der Waals surface area contributed by atoms with Crippen LogP contribution in [0.4, 0.5) is 0 Å². The molecule has 0 aromatic rings. The summed E-state index contributed by atoms with van der Waals surface area (Å²) in [6.07, 6.45) is 6.55. The second-order valence-electron chi connectivity index (χ2n) is 4.14. The van der Waals surface area contributed by atoms with Gasteiger partial charge in [0.15, 0.2) is 0 Å². The summed E-state index contributed by atoms with van der Waals surface area (Å²) >= 11 is 0. The van der Waals surface area contributed by atoms with Crippen LogP contribution in [0.25, 0.3) is 0 Å². The molecular formula is C12H27NO. The topological polar surface area (TPSA) is 23.5 Å². The summed E-state index contributed by atoms with van der Waals surface area (Å²) in [6.45, 7) is 6.54. The highest BCUT2D eigenvalue weighted by atomic mass is 16.3. The Labute approximate surface area is 89.3 Å². The van der Waals surface area contributed by atoms with Gasteiger partial charge >= 0.3 is 0 Å². The van der Waals surface area contributed by atoms with Crippen LogP contribution in [-0.2, 0) is 0 Å². The molecule has 0 aliphatic heterocycles. The Bertz CT molecular complexity index is 127. The monoisotopic (exact) mass is 201 g/mol. The van der Waals surface area contributed by atoms with Gasteiger partial charge in [-0.25, -0.2) is 0 Å². The van der Waals surface area contributed by atoms with E-state index in [0.29, 0.717) is 6.04 Å². The fraction of sp³-hybridized carbons (Fsp3) is 1.00. The van der Waals surface area contributed by atoms with Crippen molar-refractivity contribution in [2.45, 2.75) is 71.6 Å². The number of aliphatic hydroxyl groups excluding tert-OH is 1. The van der Waals surface area contributed by atoms with Crippen LogP contribution in [-0.4, -0.2) is 29.3 Å². The van der Waals surface area contributed by atoms with Gasteiger partial charge in [0.25, 0.3) is 0 Å². The van der Waals surface area contributed by atoms with Crippen LogP contribution in [0.2, 0.25) is 0 Å². The zero-order valence-electron chi connectivity index (χ0n) is 10.3. The molecular weight excluding hydrogens is 174 g/mol. The molecule has 0 heterocycles. The van der Waals surface area contributed by atoms with Gasteiger partial charge in [-0.3, -0.25) is 4.90 Å². The average Bonchev–Trinajstić information content (AvgIpc) is 2.19. The van der Waals surface area contributed by atoms with Crippen LogP contribution in [0, 0.1) is 0 Å². The Morgan fingerprint density at radius 3 is 2.14 bits per heavy atom. The van der Waals surface area contributed by atoms with E-state index in [0.717, 1.165) is 19.3 Å². The minimum absolute atomic E-state index is 0.248. The smallest absolute Gasteiger partial charge is 0.107 e. The summed E-state index contributed by atoms with van der Waals surface area (Å²) in [7, 11) is 2.05. The average molecular weight is 201 g/mol. The van der Waals surface area contributed by atoms with Gasteiger partial charge in [0.05, 0.1) is 0 Å². The quantitative estimate of drug-likeness (QED) is 0.610. The second kappa shape index (κ2) is 8.25. The number of nitrogens with zero attached hydrogens (tertiary/aromatic N) is 1. The highest BCUT2D eigenvalue weighted by Gasteiger charge is 2.18. The lowest BCUT2D eigenvalue weighted by atomic mass is 10.1. The van der Waals surface area contributed by atoms with Crippen molar-refractivity contribution in [1.29, 1.82) is 0 Å².